The highest BCUT2D eigenvalue weighted by Crippen LogP contribution is 2.39. The Balaban J connectivity index is 1.47. The van der Waals surface area contributed by atoms with Gasteiger partial charge >= 0.3 is 0 Å². The third kappa shape index (κ3) is 4.78. The number of amides is 1. The fourth-order valence-corrected chi connectivity index (χ4v) is 4.83. The number of hydrogen-bond donors (Lipinski definition) is 2. The van der Waals surface area contributed by atoms with Gasteiger partial charge in [0.25, 0.3) is 5.91 Å². The molecular weight excluding hydrogens is 480 g/mol. The van der Waals surface area contributed by atoms with Crippen molar-refractivity contribution in [3.8, 4) is 11.5 Å². The molecule has 1 atom stereocenters. The summed E-state index contributed by atoms with van der Waals surface area (Å²) in [6.07, 6.45) is 5.51. The lowest BCUT2D eigenvalue weighted by Crippen LogP contribution is -2.33. The van der Waals surface area contributed by atoms with E-state index in [2.05, 4.69) is 4.98 Å². The molecule has 3 aromatic carbocycles. The summed E-state index contributed by atoms with van der Waals surface area (Å²) < 4.78 is 10.7. The van der Waals surface area contributed by atoms with Gasteiger partial charge in [0, 0.05) is 23.6 Å². The quantitative estimate of drug-likeness (QED) is 0.295. The molecule has 192 valence electrons. The number of hydrogen-bond acceptors (Lipinski definition) is 5. The number of methoxy groups -OCH3 is 2. The van der Waals surface area contributed by atoms with Crippen LogP contribution in [0.15, 0.2) is 96.4 Å². The number of aromatic nitrogens is 1. The monoisotopic (exact) mass is 508 g/mol. The second kappa shape index (κ2) is 10.7. The van der Waals surface area contributed by atoms with Crippen LogP contribution >= 0.6 is 0 Å². The van der Waals surface area contributed by atoms with Gasteiger partial charge in [-0.05, 0) is 59.5 Å². The molecule has 0 saturated heterocycles. The van der Waals surface area contributed by atoms with Gasteiger partial charge in [-0.1, -0.05) is 48.5 Å². The number of carbonyl (C=O) groups excluding carboxylic acids is 2. The van der Waals surface area contributed by atoms with Gasteiger partial charge in [-0.15, -0.1) is 0 Å². The molecule has 0 bridgehead atoms. The Bertz CT molecular complexity index is 1530. The van der Waals surface area contributed by atoms with E-state index in [9.17, 15) is 14.7 Å². The molecule has 38 heavy (non-hydrogen) atoms. The van der Waals surface area contributed by atoms with E-state index in [0.29, 0.717) is 24.3 Å². The smallest absolute Gasteiger partial charge is 0.290 e. The average Bonchev–Trinajstić information content (AvgIpc) is 3.48. The molecule has 0 unspecified atom stereocenters. The largest absolute Gasteiger partial charge is 0.503 e. The zero-order chi connectivity index (χ0) is 26.6. The topological polar surface area (TPSA) is 91.9 Å². The molecule has 0 fully saturated rings. The predicted octanol–water partition coefficient (Wildman–Crippen LogP) is 5.41. The average molecular weight is 509 g/mol. The molecule has 0 saturated carbocycles. The highest BCUT2D eigenvalue weighted by molar-refractivity contribution is 6.14. The lowest BCUT2D eigenvalue weighted by Gasteiger charge is -2.26. The van der Waals surface area contributed by atoms with Gasteiger partial charge in [0.15, 0.2) is 11.5 Å². The Hall–Kier alpha value is -4.78. The molecular formula is C31H28N2O5. The molecule has 0 spiro atoms. The van der Waals surface area contributed by atoms with Crippen LogP contribution in [0.4, 0.5) is 0 Å². The number of aliphatic hydroxyl groups excluding tert-OH is 1. The molecule has 1 aliphatic heterocycles. The zero-order valence-corrected chi connectivity index (χ0v) is 21.2. The maximum atomic E-state index is 13.4. The van der Waals surface area contributed by atoms with Crippen LogP contribution in [-0.4, -0.2) is 47.4 Å². The molecule has 5 rings (SSSR count). The fourth-order valence-electron chi connectivity index (χ4n) is 4.83. The molecule has 0 radical (unpaired) electrons. The first-order valence-electron chi connectivity index (χ1n) is 12.3. The van der Waals surface area contributed by atoms with E-state index in [1.807, 2.05) is 66.9 Å². The summed E-state index contributed by atoms with van der Waals surface area (Å²) in [7, 11) is 3.20. The number of benzene rings is 3. The Morgan fingerprint density at radius 1 is 1.00 bits per heavy atom. The van der Waals surface area contributed by atoms with E-state index >= 15 is 0 Å². The SMILES string of the molecule is COc1ccc([C@@H]2C(C(=O)/C=C/c3ccccc3)=C(O)C(=O)N2CCc2c[nH]c3ccc(OC)cc23)cc1. The minimum absolute atomic E-state index is 0.0629. The minimum Gasteiger partial charge on any atom is -0.503 e. The van der Waals surface area contributed by atoms with Crippen LogP contribution < -0.4 is 9.47 Å². The maximum absolute atomic E-state index is 13.4. The molecule has 2 heterocycles. The van der Waals surface area contributed by atoms with Crippen molar-refractivity contribution in [2.45, 2.75) is 12.5 Å². The van der Waals surface area contributed by atoms with Gasteiger partial charge in [0.2, 0.25) is 0 Å². The lowest BCUT2D eigenvalue weighted by atomic mass is 9.95. The second-order valence-corrected chi connectivity index (χ2v) is 9.02. The van der Waals surface area contributed by atoms with Crippen molar-refractivity contribution in [3.63, 3.8) is 0 Å². The summed E-state index contributed by atoms with van der Waals surface area (Å²) in [5.74, 6) is -0.111. The molecule has 1 aliphatic rings. The fraction of sp³-hybridized carbons (Fsp3) is 0.161. The molecule has 1 aromatic heterocycles. The third-order valence-corrected chi connectivity index (χ3v) is 6.82. The number of H-pyrrole nitrogens is 1. The van der Waals surface area contributed by atoms with E-state index in [-0.39, 0.29) is 5.57 Å². The van der Waals surface area contributed by atoms with Crippen molar-refractivity contribution in [2.75, 3.05) is 20.8 Å². The number of ether oxygens (including phenoxy) is 2. The molecule has 4 aromatic rings. The van der Waals surface area contributed by atoms with Gasteiger partial charge in [-0.25, -0.2) is 0 Å². The summed E-state index contributed by atoms with van der Waals surface area (Å²) >= 11 is 0. The van der Waals surface area contributed by atoms with Crippen molar-refractivity contribution in [2.24, 2.45) is 0 Å². The molecule has 2 N–H and O–H groups in total. The summed E-state index contributed by atoms with van der Waals surface area (Å²) in [6.45, 7) is 0.295. The Labute approximate surface area is 220 Å². The first-order valence-corrected chi connectivity index (χ1v) is 12.3. The summed E-state index contributed by atoms with van der Waals surface area (Å²) in [4.78, 5) is 31.5. The van der Waals surface area contributed by atoms with Gasteiger partial charge < -0.3 is 24.5 Å². The first-order chi connectivity index (χ1) is 18.5. The van der Waals surface area contributed by atoms with Crippen molar-refractivity contribution < 1.29 is 24.2 Å². The maximum Gasteiger partial charge on any atom is 0.290 e. The van der Waals surface area contributed by atoms with Crippen LogP contribution in [0.3, 0.4) is 0 Å². The number of allylic oxidation sites excluding steroid dienone is 1. The number of aromatic amines is 1. The van der Waals surface area contributed by atoms with Crippen LogP contribution in [0.2, 0.25) is 0 Å². The minimum atomic E-state index is -0.735. The van der Waals surface area contributed by atoms with E-state index in [0.717, 1.165) is 27.8 Å². The van der Waals surface area contributed by atoms with Crippen LogP contribution in [0.1, 0.15) is 22.7 Å². The van der Waals surface area contributed by atoms with Gasteiger partial charge in [0.1, 0.15) is 11.5 Å². The Morgan fingerprint density at radius 2 is 1.71 bits per heavy atom. The van der Waals surface area contributed by atoms with E-state index in [1.54, 1.807) is 37.3 Å². The highest BCUT2D eigenvalue weighted by Gasteiger charge is 2.42. The standard InChI is InChI=1S/C31H28N2O5/c1-37-23-11-9-21(10-12-23)29-28(27(34)15-8-20-6-4-3-5-7-20)30(35)31(36)33(29)17-16-22-19-32-26-14-13-24(38-2)18-25(22)26/h3-15,18-19,29,32,35H,16-17H2,1-2H3/b15-8+/t29-/m1/s1. The normalized spacial score (nSPS) is 15.6. The molecule has 7 nitrogen and oxygen atoms in total. The second-order valence-electron chi connectivity index (χ2n) is 9.02. The number of nitrogens with zero attached hydrogens (tertiary/aromatic N) is 1. The van der Waals surface area contributed by atoms with Crippen molar-refractivity contribution in [1.29, 1.82) is 0 Å². The molecule has 0 aliphatic carbocycles. The Kier molecular flexibility index (Phi) is 7.00. The van der Waals surface area contributed by atoms with Crippen LogP contribution in [-0.2, 0) is 16.0 Å². The summed E-state index contributed by atoms with van der Waals surface area (Å²) in [5.41, 5.74) is 3.58. The van der Waals surface area contributed by atoms with Crippen molar-refractivity contribution >= 4 is 28.7 Å². The summed E-state index contributed by atoms with van der Waals surface area (Å²) in [5, 5.41) is 11.9. The number of aliphatic hydroxyl groups is 1. The van der Waals surface area contributed by atoms with Gasteiger partial charge in [0.05, 0.1) is 25.8 Å². The Morgan fingerprint density at radius 3 is 2.42 bits per heavy atom. The zero-order valence-electron chi connectivity index (χ0n) is 21.2. The predicted molar refractivity (Wildman–Crippen MR) is 146 cm³/mol. The number of rotatable bonds is 9. The lowest BCUT2D eigenvalue weighted by molar-refractivity contribution is -0.129. The number of ketones is 1. The van der Waals surface area contributed by atoms with Crippen LogP contribution in [0.25, 0.3) is 17.0 Å². The number of carbonyl (C=O) groups is 2. The van der Waals surface area contributed by atoms with Gasteiger partial charge in [-0.2, -0.15) is 0 Å². The third-order valence-electron chi connectivity index (χ3n) is 6.82. The summed E-state index contributed by atoms with van der Waals surface area (Å²) in [6, 6.07) is 21.6. The molecule has 1 amide bonds. The van der Waals surface area contributed by atoms with E-state index in [4.69, 9.17) is 9.47 Å². The van der Waals surface area contributed by atoms with Crippen LogP contribution in [0, 0.1) is 0 Å². The van der Waals surface area contributed by atoms with E-state index in [1.165, 1.54) is 6.08 Å². The van der Waals surface area contributed by atoms with Crippen molar-refractivity contribution in [3.05, 3.63) is 113 Å². The number of nitrogens with one attached hydrogen (secondary N) is 1. The van der Waals surface area contributed by atoms with Crippen molar-refractivity contribution in [1.82, 2.24) is 9.88 Å². The van der Waals surface area contributed by atoms with Gasteiger partial charge in [-0.3, -0.25) is 9.59 Å². The molecule has 7 heteroatoms. The first kappa shape index (κ1) is 24.9. The van der Waals surface area contributed by atoms with Crippen LogP contribution in [0.5, 0.6) is 11.5 Å². The number of fused-ring (bicyclic) bond motifs is 1. The highest BCUT2D eigenvalue weighted by atomic mass is 16.5. The van der Waals surface area contributed by atoms with E-state index < -0.39 is 23.5 Å².